The van der Waals surface area contributed by atoms with Gasteiger partial charge in [-0.05, 0) is 12.8 Å². The van der Waals surface area contributed by atoms with Crippen molar-refractivity contribution in [2.24, 2.45) is 0 Å². The van der Waals surface area contributed by atoms with E-state index >= 15 is 0 Å². The molecular weight excluding hydrogens is 436 g/mol. The molecule has 0 saturated carbocycles. The maximum absolute atomic E-state index is 5.81. The van der Waals surface area contributed by atoms with E-state index in [1.165, 1.54) is 199 Å². The summed E-state index contributed by atoms with van der Waals surface area (Å²) in [6, 6.07) is 0. The van der Waals surface area contributed by atoms with Crippen LogP contribution in [0.3, 0.4) is 0 Å². The third kappa shape index (κ3) is 34.0. The molecule has 0 aliphatic carbocycles. The van der Waals surface area contributed by atoms with Crippen LogP contribution in [0.1, 0.15) is 213 Å². The molecular formula is C35H72O. The first-order chi connectivity index (χ1) is 17.9. The van der Waals surface area contributed by atoms with E-state index in [4.69, 9.17) is 4.74 Å². The molecule has 218 valence electrons. The first kappa shape index (κ1) is 36.0. The second-order valence-corrected chi connectivity index (χ2v) is 11.9. The zero-order valence-electron chi connectivity index (χ0n) is 25.7. The van der Waals surface area contributed by atoms with Gasteiger partial charge in [0.25, 0.3) is 0 Å². The van der Waals surface area contributed by atoms with Crippen LogP contribution in [0.25, 0.3) is 0 Å². The van der Waals surface area contributed by atoms with Gasteiger partial charge in [-0.1, -0.05) is 200 Å². The van der Waals surface area contributed by atoms with Crippen LogP contribution in [0.2, 0.25) is 0 Å². The molecule has 0 heterocycles. The first-order valence-corrected chi connectivity index (χ1v) is 17.5. The fraction of sp³-hybridized carbons (Fsp3) is 1.00. The van der Waals surface area contributed by atoms with Crippen LogP contribution in [0.15, 0.2) is 0 Å². The molecule has 0 unspecified atom stereocenters. The summed E-state index contributed by atoms with van der Waals surface area (Å²) in [5.74, 6) is 0. The number of hydrogen-bond donors (Lipinski definition) is 0. The lowest BCUT2D eigenvalue weighted by molar-refractivity contribution is 0.125. The van der Waals surface area contributed by atoms with Crippen LogP contribution >= 0.6 is 0 Å². The van der Waals surface area contributed by atoms with E-state index in [9.17, 15) is 0 Å². The summed E-state index contributed by atoms with van der Waals surface area (Å²) in [4.78, 5) is 0. The average molecular weight is 509 g/mol. The van der Waals surface area contributed by atoms with Gasteiger partial charge >= 0.3 is 0 Å². The smallest absolute Gasteiger partial charge is 0.0466 e. The molecule has 0 atom stereocenters. The van der Waals surface area contributed by atoms with Gasteiger partial charge in [-0.2, -0.15) is 0 Å². The molecule has 0 aromatic carbocycles. The lowest BCUT2D eigenvalue weighted by Crippen LogP contribution is -1.97. The van der Waals surface area contributed by atoms with Crippen LogP contribution in [-0.2, 0) is 4.74 Å². The summed E-state index contributed by atoms with van der Waals surface area (Å²) in [6.07, 6.45) is 44.6. The Labute approximate surface area is 230 Å². The molecule has 0 radical (unpaired) electrons. The van der Waals surface area contributed by atoms with Crippen molar-refractivity contribution in [3.63, 3.8) is 0 Å². The molecule has 0 spiro atoms. The summed E-state index contributed by atoms with van der Waals surface area (Å²) >= 11 is 0. The highest BCUT2D eigenvalue weighted by molar-refractivity contribution is 4.52. The Bertz CT molecular complexity index is 319. The lowest BCUT2D eigenvalue weighted by Gasteiger charge is -2.05. The zero-order valence-corrected chi connectivity index (χ0v) is 25.7. The van der Waals surface area contributed by atoms with Crippen molar-refractivity contribution in [1.29, 1.82) is 0 Å². The van der Waals surface area contributed by atoms with E-state index in [0.29, 0.717) is 0 Å². The highest BCUT2D eigenvalue weighted by Gasteiger charge is 1.97. The van der Waals surface area contributed by atoms with E-state index in [1.54, 1.807) is 0 Å². The van der Waals surface area contributed by atoms with Gasteiger partial charge in [0, 0.05) is 13.2 Å². The molecule has 0 saturated heterocycles. The molecule has 1 nitrogen and oxygen atoms in total. The van der Waals surface area contributed by atoms with Crippen LogP contribution in [-0.4, -0.2) is 13.2 Å². The second kappa shape index (κ2) is 35.0. The number of hydrogen-bond acceptors (Lipinski definition) is 1. The summed E-state index contributed by atoms with van der Waals surface area (Å²) in [5.41, 5.74) is 0. The SMILES string of the molecule is CCCCCCCCCCCCCCCCCCCCCCCCCCOCCCCCCCCC. The third-order valence-corrected chi connectivity index (χ3v) is 8.03. The maximum Gasteiger partial charge on any atom is 0.0466 e. The first-order valence-electron chi connectivity index (χ1n) is 17.5. The Kier molecular flexibility index (Phi) is 34.9. The summed E-state index contributed by atoms with van der Waals surface area (Å²) in [6.45, 7) is 6.58. The highest BCUT2D eigenvalue weighted by atomic mass is 16.5. The largest absolute Gasteiger partial charge is 0.381 e. The molecule has 0 bridgehead atoms. The van der Waals surface area contributed by atoms with Crippen molar-refractivity contribution >= 4 is 0 Å². The summed E-state index contributed by atoms with van der Waals surface area (Å²) in [5, 5.41) is 0. The van der Waals surface area contributed by atoms with E-state index in [1.807, 2.05) is 0 Å². The monoisotopic (exact) mass is 509 g/mol. The Balaban J connectivity index is 3.00. The van der Waals surface area contributed by atoms with Crippen LogP contribution in [0.5, 0.6) is 0 Å². The van der Waals surface area contributed by atoms with Gasteiger partial charge in [-0.15, -0.1) is 0 Å². The van der Waals surface area contributed by atoms with Gasteiger partial charge < -0.3 is 4.74 Å². The van der Waals surface area contributed by atoms with Crippen molar-refractivity contribution in [3.05, 3.63) is 0 Å². The molecule has 0 amide bonds. The van der Waals surface area contributed by atoms with Crippen molar-refractivity contribution in [2.75, 3.05) is 13.2 Å². The molecule has 1 heteroatoms. The standard InChI is InChI=1S/C35H72O/c1-3-5-7-9-11-12-13-14-15-16-17-18-19-20-21-22-23-24-25-26-27-29-31-33-35-36-34-32-30-28-10-8-6-4-2/h3-35H2,1-2H3. The summed E-state index contributed by atoms with van der Waals surface area (Å²) in [7, 11) is 0. The van der Waals surface area contributed by atoms with E-state index in [-0.39, 0.29) is 0 Å². The van der Waals surface area contributed by atoms with Gasteiger partial charge in [0.05, 0.1) is 0 Å². The molecule has 0 fully saturated rings. The lowest BCUT2D eigenvalue weighted by atomic mass is 10.0. The predicted octanol–water partition coefficient (Wildman–Crippen LogP) is 13.1. The fourth-order valence-corrected chi connectivity index (χ4v) is 5.43. The van der Waals surface area contributed by atoms with Gasteiger partial charge in [0.15, 0.2) is 0 Å². The van der Waals surface area contributed by atoms with Gasteiger partial charge in [0.2, 0.25) is 0 Å². The van der Waals surface area contributed by atoms with Crippen LogP contribution in [0.4, 0.5) is 0 Å². The third-order valence-electron chi connectivity index (χ3n) is 8.03. The normalized spacial score (nSPS) is 11.5. The second-order valence-electron chi connectivity index (χ2n) is 11.9. The molecule has 36 heavy (non-hydrogen) atoms. The summed E-state index contributed by atoms with van der Waals surface area (Å²) < 4.78 is 5.81. The van der Waals surface area contributed by atoms with Crippen molar-refractivity contribution in [1.82, 2.24) is 0 Å². The number of rotatable bonds is 33. The van der Waals surface area contributed by atoms with Gasteiger partial charge in [-0.25, -0.2) is 0 Å². The van der Waals surface area contributed by atoms with Gasteiger partial charge in [0.1, 0.15) is 0 Å². The number of ether oxygens (including phenoxy) is 1. The van der Waals surface area contributed by atoms with Crippen molar-refractivity contribution < 1.29 is 4.74 Å². The van der Waals surface area contributed by atoms with Crippen molar-refractivity contribution in [3.8, 4) is 0 Å². The van der Waals surface area contributed by atoms with Crippen molar-refractivity contribution in [2.45, 2.75) is 213 Å². The Morgan fingerprint density at radius 2 is 0.389 bits per heavy atom. The average Bonchev–Trinajstić information content (AvgIpc) is 2.89. The Morgan fingerprint density at radius 1 is 0.222 bits per heavy atom. The van der Waals surface area contributed by atoms with Gasteiger partial charge in [-0.3, -0.25) is 0 Å². The van der Waals surface area contributed by atoms with Crippen LogP contribution in [0, 0.1) is 0 Å². The number of unbranched alkanes of at least 4 members (excludes halogenated alkanes) is 29. The Morgan fingerprint density at radius 3 is 0.583 bits per heavy atom. The van der Waals surface area contributed by atoms with Crippen LogP contribution < -0.4 is 0 Å². The zero-order chi connectivity index (χ0) is 26.0. The minimum absolute atomic E-state index is 0.993. The topological polar surface area (TPSA) is 9.23 Å². The fourth-order valence-electron chi connectivity index (χ4n) is 5.43. The maximum atomic E-state index is 5.81. The quantitative estimate of drug-likeness (QED) is 0.0801. The minimum Gasteiger partial charge on any atom is -0.381 e. The molecule has 0 rings (SSSR count). The predicted molar refractivity (Wildman–Crippen MR) is 165 cm³/mol. The molecule has 0 N–H and O–H groups in total. The van der Waals surface area contributed by atoms with E-state index in [2.05, 4.69) is 13.8 Å². The molecule has 0 aromatic rings. The van der Waals surface area contributed by atoms with E-state index in [0.717, 1.165) is 13.2 Å². The molecule has 0 aromatic heterocycles. The minimum atomic E-state index is 0.993. The van der Waals surface area contributed by atoms with E-state index < -0.39 is 0 Å². The highest BCUT2D eigenvalue weighted by Crippen LogP contribution is 2.15. The molecule has 0 aliphatic rings. The molecule has 0 aliphatic heterocycles. The Hall–Kier alpha value is -0.0400.